The molecule has 1 N–H and O–H groups in total. The zero-order valence-electron chi connectivity index (χ0n) is 19.8. The van der Waals surface area contributed by atoms with Crippen LogP contribution in [-0.2, 0) is 20.1 Å². The van der Waals surface area contributed by atoms with E-state index in [1.54, 1.807) is 19.2 Å². The number of carbonyl (C=O) groups excluding carboxylic acids is 1. The second-order valence-electron chi connectivity index (χ2n) is 7.76. The molecule has 1 amide bonds. The van der Waals surface area contributed by atoms with E-state index in [4.69, 9.17) is 14.2 Å². The van der Waals surface area contributed by atoms with Crippen LogP contribution in [0.5, 0.6) is 17.2 Å². The number of amides is 1. The Morgan fingerprint density at radius 3 is 2.20 bits per heavy atom. The smallest absolute Gasteiger partial charge is 0.332 e. The molecule has 182 valence electrons. The number of aromatic nitrogens is 2. The van der Waals surface area contributed by atoms with Crippen LogP contribution < -0.4 is 30.8 Å². The van der Waals surface area contributed by atoms with Gasteiger partial charge in [-0.2, -0.15) is 0 Å². The summed E-state index contributed by atoms with van der Waals surface area (Å²) in [4.78, 5) is 39.7. The van der Waals surface area contributed by atoms with Crippen LogP contribution in [0.2, 0.25) is 0 Å². The minimum atomic E-state index is -0.433. The second-order valence-corrected chi connectivity index (χ2v) is 8.79. The van der Waals surface area contributed by atoms with Gasteiger partial charge in [0.15, 0.2) is 11.5 Å². The maximum absolute atomic E-state index is 13.1. The Kier molecular flexibility index (Phi) is 6.92. The SMILES string of the molecule is COc1cc(CNC(=O)c2cc3c(=O)n(Cc4ccccc4)c(=O)n(C)c3s2)cc(OC)c1OC. The fourth-order valence-electron chi connectivity index (χ4n) is 3.81. The average molecular weight is 496 g/mol. The van der Waals surface area contributed by atoms with Crippen molar-refractivity contribution < 1.29 is 19.0 Å². The third-order valence-electron chi connectivity index (χ3n) is 5.60. The van der Waals surface area contributed by atoms with Crippen molar-refractivity contribution in [2.24, 2.45) is 7.05 Å². The Morgan fingerprint density at radius 1 is 0.943 bits per heavy atom. The number of thiophene rings is 1. The third kappa shape index (κ3) is 4.65. The van der Waals surface area contributed by atoms with E-state index in [1.807, 2.05) is 30.3 Å². The van der Waals surface area contributed by atoms with Gasteiger partial charge in [0, 0.05) is 13.6 Å². The largest absolute Gasteiger partial charge is 0.493 e. The van der Waals surface area contributed by atoms with E-state index in [-0.39, 0.29) is 19.0 Å². The van der Waals surface area contributed by atoms with Crippen molar-refractivity contribution in [2.75, 3.05) is 21.3 Å². The van der Waals surface area contributed by atoms with Crippen LogP contribution in [-0.4, -0.2) is 36.4 Å². The second kappa shape index (κ2) is 10.1. The number of hydrogen-bond acceptors (Lipinski definition) is 7. The standard InChI is InChI=1S/C25H25N3O6S/c1-27-24-17(23(30)28(25(27)31)14-15-8-6-5-7-9-15)12-20(35-24)22(29)26-13-16-10-18(32-2)21(34-4)19(11-16)33-3/h5-12H,13-14H2,1-4H3,(H,26,29). The number of carbonyl (C=O) groups is 1. The van der Waals surface area contributed by atoms with Gasteiger partial charge in [-0.15, -0.1) is 11.3 Å². The van der Waals surface area contributed by atoms with Crippen molar-refractivity contribution in [1.82, 2.24) is 14.5 Å². The molecule has 0 atom stereocenters. The third-order valence-corrected chi connectivity index (χ3v) is 6.81. The summed E-state index contributed by atoms with van der Waals surface area (Å²) in [6, 6.07) is 14.3. The Hall–Kier alpha value is -4.05. The molecule has 4 aromatic rings. The number of rotatable bonds is 8. The highest BCUT2D eigenvalue weighted by molar-refractivity contribution is 7.20. The van der Waals surface area contributed by atoms with Gasteiger partial charge in [0.25, 0.3) is 11.5 Å². The number of ether oxygens (including phenoxy) is 3. The molecule has 0 saturated heterocycles. The molecule has 0 aliphatic rings. The molecule has 0 radical (unpaired) electrons. The number of nitrogens with zero attached hydrogens (tertiary/aromatic N) is 2. The summed E-state index contributed by atoms with van der Waals surface area (Å²) in [5.41, 5.74) is 0.723. The van der Waals surface area contributed by atoms with Gasteiger partial charge in [-0.1, -0.05) is 30.3 Å². The zero-order chi connectivity index (χ0) is 25.1. The lowest BCUT2D eigenvalue weighted by Crippen LogP contribution is -2.38. The van der Waals surface area contributed by atoms with Crippen molar-refractivity contribution in [3.8, 4) is 17.2 Å². The zero-order valence-corrected chi connectivity index (χ0v) is 20.6. The van der Waals surface area contributed by atoms with E-state index >= 15 is 0 Å². The van der Waals surface area contributed by atoms with Crippen LogP contribution in [0.4, 0.5) is 0 Å². The maximum Gasteiger partial charge on any atom is 0.332 e. The molecule has 0 saturated carbocycles. The van der Waals surface area contributed by atoms with Crippen LogP contribution >= 0.6 is 11.3 Å². The van der Waals surface area contributed by atoms with E-state index in [1.165, 1.54) is 36.5 Å². The minimum Gasteiger partial charge on any atom is -0.493 e. The van der Waals surface area contributed by atoms with E-state index in [9.17, 15) is 14.4 Å². The molecule has 0 bridgehead atoms. The molecular formula is C25H25N3O6S. The Morgan fingerprint density at radius 2 is 1.60 bits per heavy atom. The molecule has 0 fully saturated rings. The van der Waals surface area contributed by atoms with Gasteiger partial charge in [-0.25, -0.2) is 4.79 Å². The van der Waals surface area contributed by atoms with Gasteiger partial charge >= 0.3 is 5.69 Å². The number of methoxy groups -OCH3 is 3. The highest BCUT2D eigenvalue weighted by atomic mass is 32.1. The van der Waals surface area contributed by atoms with Gasteiger partial charge in [0.1, 0.15) is 4.83 Å². The molecule has 0 aliphatic heterocycles. The number of benzene rings is 2. The Labute approximate surface area is 205 Å². The molecule has 35 heavy (non-hydrogen) atoms. The summed E-state index contributed by atoms with van der Waals surface area (Å²) in [7, 11) is 6.15. The highest BCUT2D eigenvalue weighted by Crippen LogP contribution is 2.38. The van der Waals surface area contributed by atoms with Crippen LogP contribution in [0.1, 0.15) is 20.8 Å². The van der Waals surface area contributed by atoms with Crippen molar-refractivity contribution in [3.05, 3.63) is 85.4 Å². The average Bonchev–Trinajstić information content (AvgIpc) is 3.34. The maximum atomic E-state index is 13.1. The van der Waals surface area contributed by atoms with Gasteiger partial charge in [0.05, 0.1) is 38.1 Å². The molecule has 4 rings (SSSR count). The van der Waals surface area contributed by atoms with E-state index in [0.717, 1.165) is 22.5 Å². The van der Waals surface area contributed by atoms with E-state index in [0.29, 0.717) is 32.3 Å². The van der Waals surface area contributed by atoms with Gasteiger partial charge < -0.3 is 19.5 Å². The van der Waals surface area contributed by atoms with Crippen molar-refractivity contribution in [2.45, 2.75) is 13.1 Å². The van der Waals surface area contributed by atoms with Crippen molar-refractivity contribution in [1.29, 1.82) is 0 Å². The Bertz CT molecular complexity index is 1480. The summed E-state index contributed by atoms with van der Waals surface area (Å²) < 4.78 is 18.6. The van der Waals surface area contributed by atoms with Crippen molar-refractivity contribution >= 4 is 27.5 Å². The summed E-state index contributed by atoms with van der Waals surface area (Å²) in [5.74, 6) is 1.06. The first-order chi connectivity index (χ1) is 16.9. The monoisotopic (exact) mass is 495 g/mol. The van der Waals surface area contributed by atoms with Crippen LogP contribution in [0, 0.1) is 0 Å². The molecular weight excluding hydrogens is 470 g/mol. The normalized spacial score (nSPS) is 10.9. The molecule has 2 heterocycles. The molecule has 0 spiro atoms. The number of nitrogens with one attached hydrogen (secondary N) is 1. The predicted octanol–water partition coefficient (Wildman–Crippen LogP) is 2.77. The fourth-order valence-corrected chi connectivity index (χ4v) is 4.83. The molecule has 0 aliphatic carbocycles. The molecule has 2 aromatic heterocycles. The minimum absolute atomic E-state index is 0.154. The van der Waals surface area contributed by atoms with Gasteiger partial charge in [0.2, 0.25) is 5.75 Å². The lowest BCUT2D eigenvalue weighted by molar-refractivity contribution is 0.0955. The molecule has 10 heteroatoms. The van der Waals surface area contributed by atoms with Gasteiger partial charge in [-0.3, -0.25) is 18.7 Å². The van der Waals surface area contributed by atoms with Crippen LogP contribution in [0.25, 0.3) is 10.2 Å². The lowest BCUT2D eigenvalue weighted by atomic mass is 10.1. The number of hydrogen-bond donors (Lipinski definition) is 1. The Balaban J connectivity index is 1.62. The quantitative estimate of drug-likeness (QED) is 0.404. The predicted molar refractivity (Wildman–Crippen MR) is 134 cm³/mol. The number of aryl methyl sites for hydroxylation is 1. The van der Waals surface area contributed by atoms with Crippen LogP contribution in [0.3, 0.4) is 0 Å². The first kappa shape index (κ1) is 24.1. The van der Waals surface area contributed by atoms with Crippen LogP contribution in [0.15, 0.2) is 58.1 Å². The van der Waals surface area contributed by atoms with E-state index in [2.05, 4.69) is 5.32 Å². The topological polar surface area (TPSA) is 101 Å². The summed E-state index contributed by atoms with van der Waals surface area (Å²) in [5, 5.41) is 3.17. The van der Waals surface area contributed by atoms with Gasteiger partial charge in [-0.05, 0) is 29.3 Å². The summed E-state index contributed by atoms with van der Waals surface area (Å²) >= 11 is 1.10. The number of fused-ring (bicyclic) bond motifs is 1. The fraction of sp³-hybridized carbons (Fsp3) is 0.240. The first-order valence-electron chi connectivity index (χ1n) is 10.7. The van der Waals surface area contributed by atoms with Crippen molar-refractivity contribution in [3.63, 3.8) is 0 Å². The first-order valence-corrected chi connectivity index (χ1v) is 11.5. The molecule has 0 unspecified atom stereocenters. The van der Waals surface area contributed by atoms with E-state index < -0.39 is 11.2 Å². The lowest BCUT2D eigenvalue weighted by Gasteiger charge is -2.14. The highest BCUT2D eigenvalue weighted by Gasteiger charge is 2.19. The summed E-state index contributed by atoms with van der Waals surface area (Å²) in [6.45, 7) is 0.349. The molecule has 9 nitrogen and oxygen atoms in total. The summed E-state index contributed by atoms with van der Waals surface area (Å²) in [6.07, 6.45) is 0. The molecule has 2 aromatic carbocycles.